The van der Waals surface area contributed by atoms with Gasteiger partial charge in [-0.3, -0.25) is 0 Å². The van der Waals surface area contributed by atoms with Crippen LogP contribution in [-0.4, -0.2) is 22.6 Å². The number of nitrogens with zero attached hydrogens (tertiary/aromatic N) is 2. The van der Waals surface area contributed by atoms with Crippen LogP contribution >= 0.6 is 0 Å². The summed E-state index contributed by atoms with van der Waals surface area (Å²) in [4.78, 5) is 4.38. The molecule has 1 saturated carbocycles. The zero-order valence-electron chi connectivity index (χ0n) is 10.2. The van der Waals surface area contributed by atoms with Crippen LogP contribution in [0.5, 0.6) is 0 Å². The molecular formula is C13H21N3. The number of rotatable bonds is 3. The fourth-order valence-corrected chi connectivity index (χ4v) is 2.98. The minimum Gasteiger partial charge on any atom is -0.328 e. The smallest absolute Gasteiger partial charge is 0.0953 e. The maximum absolute atomic E-state index is 4.38. The van der Waals surface area contributed by atoms with Gasteiger partial charge in [0.05, 0.1) is 6.33 Å². The third-order valence-electron chi connectivity index (χ3n) is 4.34. The number of aromatic nitrogens is 2. The standard InChI is InChI=1S/C13H21N3/c1-13(2,11-3-4-11)16-9-15-8-12(16)10-5-6-14-7-10/h8-11,14H,3-7H2,1-2H3. The van der Waals surface area contributed by atoms with Gasteiger partial charge in [0.25, 0.3) is 0 Å². The average molecular weight is 219 g/mol. The van der Waals surface area contributed by atoms with Crippen molar-refractivity contribution >= 4 is 0 Å². The third kappa shape index (κ3) is 1.58. The Morgan fingerprint density at radius 2 is 2.19 bits per heavy atom. The van der Waals surface area contributed by atoms with Crippen molar-refractivity contribution in [3.8, 4) is 0 Å². The minimum absolute atomic E-state index is 0.258. The van der Waals surface area contributed by atoms with Crippen molar-refractivity contribution in [1.29, 1.82) is 0 Å². The van der Waals surface area contributed by atoms with Gasteiger partial charge in [-0.2, -0.15) is 0 Å². The summed E-state index contributed by atoms with van der Waals surface area (Å²) in [5.41, 5.74) is 1.69. The summed E-state index contributed by atoms with van der Waals surface area (Å²) in [5, 5.41) is 3.44. The van der Waals surface area contributed by atoms with Crippen LogP contribution in [0.3, 0.4) is 0 Å². The Hall–Kier alpha value is -0.830. The van der Waals surface area contributed by atoms with Gasteiger partial charge in [-0.1, -0.05) is 0 Å². The lowest BCUT2D eigenvalue weighted by molar-refractivity contribution is 0.292. The Balaban J connectivity index is 1.91. The van der Waals surface area contributed by atoms with Crippen molar-refractivity contribution < 1.29 is 0 Å². The Morgan fingerprint density at radius 1 is 1.38 bits per heavy atom. The van der Waals surface area contributed by atoms with Gasteiger partial charge in [-0.05, 0) is 45.6 Å². The maximum Gasteiger partial charge on any atom is 0.0953 e. The van der Waals surface area contributed by atoms with Crippen LogP contribution in [0.25, 0.3) is 0 Å². The summed E-state index contributed by atoms with van der Waals surface area (Å²) in [6, 6.07) is 0. The summed E-state index contributed by atoms with van der Waals surface area (Å²) < 4.78 is 2.43. The fourth-order valence-electron chi connectivity index (χ4n) is 2.98. The van der Waals surface area contributed by atoms with E-state index in [1.54, 1.807) is 0 Å². The SMILES string of the molecule is CC(C)(C1CC1)n1cncc1C1CCNC1. The zero-order chi connectivity index (χ0) is 11.2. The third-order valence-corrected chi connectivity index (χ3v) is 4.34. The lowest BCUT2D eigenvalue weighted by atomic mass is 9.96. The van der Waals surface area contributed by atoms with E-state index in [9.17, 15) is 0 Å². The molecule has 3 nitrogen and oxygen atoms in total. The van der Waals surface area contributed by atoms with Crippen LogP contribution in [0, 0.1) is 5.92 Å². The molecule has 1 aromatic heterocycles. The van der Waals surface area contributed by atoms with E-state index in [0.717, 1.165) is 19.0 Å². The summed E-state index contributed by atoms with van der Waals surface area (Å²) in [5.74, 6) is 1.52. The van der Waals surface area contributed by atoms with Crippen LogP contribution in [-0.2, 0) is 5.54 Å². The van der Waals surface area contributed by atoms with E-state index >= 15 is 0 Å². The molecule has 1 N–H and O–H groups in total. The largest absolute Gasteiger partial charge is 0.328 e. The van der Waals surface area contributed by atoms with E-state index in [-0.39, 0.29) is 5.54 Å². The van der Waals surface area contributed by atoms with Crippen LogP contribution in [0.1, 0.15) is 44.7 Å². The van der Waals surface area contributed by atoms with Crippen molar-refractivity contribution in [1.82, 2.24) is 14.9 Å². The molecule has 0 amide bonds. The Labute approximate surface area is 97.3 Å². The van der Waals surface area contributed by atoms with Gasteiger partial charge in [0.15, 0.2) is 0 Å². The number of hydrogen-bond acceptors (Lipinski definition) is 2. The van der Waals surface area contributed by atoms with Gasteiger partial charge in [-0.25, -0.2) is 4.98 Å². The van der Waals surface area contributed by atoms with Gasteiger partial charge in [0.1, 0.15) is 0 Å². The first-order valence-electron chi connectivity index (χ1n) is 6.43. The zero-order valence-corrected chi connectivity index (χ0v) is 10.2. The molecule has 1 aliphatic carbocycles. The lowest BCUT2D eigenvalue weighted by Crippen LogP contribution is -2.30. The molecule has 0 spiro atoms. The lowest BCUT2D eigenvalue weighted by Gasteiger charge is -2.30. The quantitative estimate of drug-likeness (QED) is 0.843. The molecule has 16 heavy (non-hydrogen) atoms. The van der Waals surface area contributed by atoms with E-state index in [0.29, 0.717) is 5.92 Å². The van der Waals surface area contributed by atoms with Gasteiger partial charge in [0, 0.05) is 29.9 Å². The predicted molar refractivity (Wildman–Crippen MR) is 64.5 cm³/mol. The van der Waals surface area contributed by atoms with Gasteiger partial charge in [-0.15, -0.1) is 0 Å². The Kier molecular flexibility index (Phi) is 2.32. The summed E-state index contributed by atoms with van der Waals surface area (Å²) >= 11 is 0. The highest BCUT2D eigenvalue weighted by atomic mass is 15.1. The van der Waals surface area contributed by atoms with Crippen molar-refractivity contribution in [2.75, 3.05) is 13.1 Å². The van der Waals surface area contributed by atoms with E-state index in [1.807, 2.05) is 6.33 Å². The highest BCUT2D eigenvalue weighted by Gasteiger charge is 2.40. The van der Waals surface area contributed by atoms with Gasteiger partial charge in [0.2, 0.25) is 0 Å². The monoisotopic (exact) mass is 219 g/mol. The van der Waals surface area contributed by atoms with Crippen molar-refractivity contribution in [2.24, 2.45) is 5.92 Å². The molecule has 1 aliphatic heterocycles. The van der Waals surface area contributed by atoms with Crippen molar-refractivity contribution in [2.45, 2.75) is 44.6 Å². The molecule has 0 bridgehead atoms. The highest BCUT2D eigenvalue weighted by Crippen LogP contribution is 2.45. The Bertz CT molecular complexity index is 370. The molecule has 2 fully saturated rings. The van der Waals surface area contributed by atoms with Crippen molar-refractivity contribution in [3.63, 3.8) is 0 Å². The van der Waals surface area contributed by atoms with E-state index in [2.05, 4.69) is 34.9 Å². The van der Waals surface area contributed by atoms with Crippen LogP contribution < -0.4 is 5.32 Å². The molecule has 2 heterocycles. The molecule has 2 aliphatic rings. The average Bonchev–Trinajstić information content (AvgIpc) is 2.82. The summed E-state index contributed by atoms with van der Waals surface area (Å²) in [6.45, 7) is 6.99. The summed E-state index contributed by atoms with van der Waals surface area (Å²) in [7, 11) is 0. The fraction of sp³-hybridized carbons (Fsp3) is 0.769. The topological polar surface area (TPSA) is 29.9 Å². The van der Waals surface area contributed by atoms with Gasteiger partial charge >= 0.3 is 0 Å². The molecule has 3 rings (SSSR count). The molecule has 1 aromatic rings. The second kappa shape index (κ2) is 3.59. The normalized spacial score (nSPS) is 26.2. The first-order chi connectivity index (χ1) is 7.69. The van der Waals surface area contributed by atoms with E-state index in [4.69, 9.17) is 0 Å². The molecule has 0 aromatic carbocycles. The van der Waals surface area contributed by atoms with Crippen LogP contribution in [0.2, 0.25) is 0 Å². The highest BCUT2D eigenvalue weighted by molar-refractivity contribution is 5.13. The molecule has 1 unspecified atom stereocenters. The molecule has 88 valence electrons. The minimum atomic E-state index is 0.258. The molecule has 1 saturated heterocycles. The Morgan fingerprint density at radius 3 is 2.81 bits per heavy atom. The number of imidazole rings is 1. The molecule has 1 atom stereocenters. The maximum atomic E-state index is 4.38. The number of nitrogens with one attached hydrogen (secondary N) is 1. The van der Waals surface area contributed by atoms with Crippen molar-refractivity contribution in [3.05, 3.63) is 18.2 Å². The molecule has 3 heteroatoms. The molecule has 0 radical (unpaired) electrons. The second-order valence-electron chi connectivity index (χ2n) is 5.81. The van der Waals surface area contributed by atoms with E-state index < -0.39 is 0 Å². The second-order valence-corrected chi connectivity index (χ2v) is 5.81. The van der Waals surface area contributed by atoms with Crippen LogP contribution in [0.15, 0.2) is 12.5 Å². The predicted octanol–water partition coefficient (Wildman–Crippen LogP) is 2.11. The first kappa shape index (κ1) is 10.3. The van der Waals surface area contributed by atoms with Gasteiger partial charge < -0.3 is 9.88 Å². The van der Waals surface area contributed by atoms with Crippen LogP contribution in [0.4, 0.5) is 0 Å². The molecular weight excluding hydrogens is 198 g/mol. The summed E-state index contributed by atoms with van der Waals surface area (Å²) in [6.07, 6.45) is 8.13. The first-order valence-corrected chi connectivity index (χ1v) is 6.43. The van der Waals surface area contributed by atoms with E-state index in [1.165, 1.54) is 25.0 Å². The number of hydrogen-bond donors (Lipinski definition) is 1.